The fourth-order valence-electron chi connectivity index (χ4n) is 5.06. The van der Waals surface area contributed by atoms with Gasteiger partial charge in [0.1, 0.15) is 17.2 Å². The second-order valence-electron chi connectivity index (χ2n) is 14.9. The number of nitrogens with one attached hydrogen (secondary N) is 2. The Morgan fingerprint density at radius 1 is 0.540 bits per heavy atom. The highest BCUT2D eigenvalue weighted by molar-refractivity contribution is 5.85. The Morgan fingerprint density at radius 2 is 1.00 bits per heavy atom. The number of carbonyl (C=O) groups excluding carboxylic acids is 4. The maximum Gasteiger partial charge on any atom is 0.329 e. The SMILES string of the molecule is CC(C)(C)OC(=O)CCCCCCCCCCCCCCCCC(=O)N[C@H](CCC(=O)NCCOCCOCCC(=O)O)C(=O)OC(C)(C)C. The Morgan fingerprint density at radius 3 is 1.48 bits per heavy atom. The van der Waals surface area contributed by atoms with Crippen LogP contribution in [0.1, 0.15) is 164 Å². The molecule has 0 bridgehead atoms. The van der Waals surface area contributed by atoms with Gasteiger partial charge in [-0.1, -0.05) is 77.0 Å². The third kappa shape index (κ3) is 33.8. The lowest BCUT2D eigenvalue weighted by atomic mass is 10.0. The van der Waals surface area contributed by atoms with Gasteiger partial charge in [0.15, 0.2) is 0 Å². The number of hydrogen-bond donors (Lipinski definition) is 3. The lowest BCUT2D eigenvalue weighted by Crippen LogP contribution is -2.44. The summed E-state index contributed by atoms with van der Waals surface area (Å²) in [6, 6.07) is -0.907. The van der Waals surface area contributed by atoms with E-state index in [2.05, 4.69) is 10.6 Å². The van der Waals surface area contributed by atoms with E-state index in [1.54, 1.807) is 20.8 Å². The minimum atomic E-state index is -0.921. The molecule has 2 amide bonds. The molecule has 0 saturated carbocycles. The second kappa shape index (κ2) is 28.9. The molecule has 50 heavy (non-hydrogen) atoms. The van der Waals surface area contributed by atoms with Crippen LogP contribution in [-0.4, -0.2) is 85.0 Å². The highest BCUT2D eigenvalue weighted by Gasteiger charge is 2.27. The zero-order valence-corrected chi connectivity index (χ0v) is 32.2. The number of esters is 2. The summed E-state index contributed by atoms with van der Waals surface area (Å²) in [5.41, 5.74) is -1.12. The van der Waals surface area contributed by atoms with Crippen LogP contribution < -0.4 is 10.6 Å². The van der Waals surface area contributed by atoms with E-state index in [1.165, 1.54) is 51.4 Å². The van der Waals surface area contributed by atoms with Gasteiger partial charge in [0.25, 0.3) is 0 Å². The first-order valence-corrected chi connectivity index (χ1v) is 19.0. The predicted octanol–water partition coefficient (Wildman–Crippen LogP) is 6.80. The van der Waals surface area contributed by atoms with Crippen molar-refractivity contribution in [3.63, 3.8) is 0 Å². The summed E-state index contributed by atoms with van der Waals surface area (Å²) >= 11 is 0. The topological polar surface area (TPSA) is 167 Å². The van der Waals surface area contributed by atoms with Crippen molar-refractivity contribution in [1.29, 1.82) is 0 Å². The minimum absolute atomic E-state index is 0.0415. The quantitative estimate of drug-likeness (QED) is 0.0513. The molecule has 0 aromatic heterocycles. The highest BCUT2D eigenvalue weighted by atomic mass is 16.6. The Labute approximate surface area is 301 Å². The summed E-state index contributed by atoms with van der Waals surface area (Å²) in [6.07, 6.45) is 16.7. The second-order valence-corrected chi connectivity index (χ2v) is 14.9. The Hall–Kier alpha value is -2.73. The predicted molar refractivity (Wildman–Crippen MR) is 194 cm³/mol. The van der Waals surface area contributed by atoms with E-state index in [9.17, 15) is 24.0 Å². The molecule has 0 saturated heterocycles. The third-order valence-electron chi connectivity index (χ3n) is 7.54. The minimum Gasteiger partial charge on any atom is -0.481 e. The van der Waals surface area contributed by atoms with Crippen molar-refractivity contribution in [2.24, 2.45) is 0 Å². The number of carboxylic acids is 1. The lowest BCUT2D eigenvalue weighted by molar-refractivity contribution is -0.159. The molecule has 0 heterocycles. The number of carboxylic acid groups (broad SMARTS) is 1. The zero-order chi connectivity index (χ0) is 37.7. The first-order valence-electron chi connectivity index (χ1n) is 19.0. The van der Waals surface area contributed by atoms with E-state index < -0.39 is 29.2 Å². The molecule has 12 heteroatoms. The molecule has 0 aliphatic heterocycles. The van der Waals surface area contributed by atoms with Gasteiger partial charge in [-0.05, 0) is 60.8 Å². The molecule has 0 spiro atoms. The van der Waals surface area contributed by atoms with Crippen molar-refractivity contribution in [3.05, 3.63) is 0 Å². The molecule has 0 aromatic rings. The van der Waals surface area contributed by atoms with Gasteiger partial charge in [0, 0.05) is 25.8 Å². The van der Waals surface area contributed by atoms with Crippen LogP contribution in [0.4, 0.5) is 0 Å². The molecule has 0 fully saturated rings. The zero-order valence-electron chi connectivity index (χ0n) is 32.2. The van der Waals surface area contributed by atoms with E-state index >= 15 is 0 Å². The van der Waals surface area contributed by atoms with Crippen LogP contribution in [0.3, 0.4) is 0 Å². The fraction of sp³-hybridized carbons (Fsp3) is 0.868. The van der Waals surface area contributed by atoms with Gasteiger partial charge in [0.05, 0.1) is 32.8 Å². The maximum absolute atomic E-state index is 12.8. The van der Waals surface area contributed by atoms with Crippen LogP contribution in [-0.2, 0) is 42.9 Å². The van der Waals surface area contributed by atoms with Crippen molar-refractivity contribution in [3.8, 4) is 0 Å². The molecule has 292 valence electrons. The van der Waals surface area contributed by atoms with Crippen LogP contribution in [0.25, 0.3) is 0 Å². The number of carbonyl (C=O) groups is 5. The number of aliphatic carboxylic acids is 1. The van der Waals surface area contributed by atoms with E-state index in [-0.39, 0.29) is 70.0 Å². The van der Waals surface area contributed by atoms with E-state index in [0.717, 1.165) is 38.5 Å². The van der Waals surface area contributed by atoms with Gasteiger partial charge >= 0.3 is 17.9 Å². The van der Waals surface area contributed by atoms with Crippen LogP contribution in [0.2, 0.25) is 0 Å². The summed E-state index contributed by atoms with van der Waals surface area (Å²) in [4.78, 5) is 59.9. The summed E-state index contributed by atoms with van der Waals surface area (Å²) in [5.74, 6) is -2.06. The van der Waals surface area contributed by atoms with Crippen molar-refractivity contribution in [2.45, 2.75) is 181 Å². The Bertz CT molecular complexity index is 943. The number of amides is 2. The lowest BCUT2D eigenvalue weighted by Gasteiger charge is -2.24. The highest BCUT2D eigenvalue weighted by Crippen LogP contribution is 2.16. The van der Waals surface area contributed by atoms with Gasteiger partial charge in [-0.15, -0.1) is 0 Å². The monoisotopic (exact) mass is 715 g/mol. The molecule has 0 aliphatic carbocycles. The summed E-state index contributed by atoms with van der Waals surface area (Å²) in [6.45, 7) is 12.2. The molecule has 12 nitrogen and oxygen atoms in total. The van der Waals surface area contributed by atoms with E-state index in [1.807, 2.05) is 20.8 Å². The summed E-state index contributed by atoms with van der Waals surface area (Å²) in [5, 5.41) is 14.1. The molecule has 1 atom stereocenters. The molecule has 0 rings (SSSR count). The van der Waals surface area contributed by atoms with Crippen molar-refractivity contribution >= 4 is 29.7 Å². The average Bonchev–Trinajstić information content (AvgIpc) is 3.00. The first-order chi connectivity index (χ1) is 23.6. The maximum atomic E-state index is 12.8. The van der Waals surface area contributed by atoms with Crippen molar-refractivity contribution in [1.82, 2.24) is 10.6 Å². The molecule has 0 unspecified atom stereocenters. The molecule has 3 N–H and O–H groups in total. The third-order valence-corrected chi connectivity index (χ3v) is 7.54. The molecular weight excluding hydrogens is 644 g/mol. The Balaban J connectivity index is 4.00. The molecular formula is C38H70N2O10. The van der Waals surface area contributed by atoms with Gasteiger partial charge in [0.2, 0.25) is 11.8 Å². The molecule has 0 radical (unpaired) electrons. The number of hydrogen-bond acceptors (Lipinski definition) is 9. The first kappa shape index (κ1) is 47.3. The normalized spacial score (nSPS) is 12.3. The van der Waals surface area contributed by atoms with Gasteiger partial charge < -0.3 is 34.7 Å². The van der Waals surface area contributed by atoms with Crippen LogP contribution in [0.15, 0.2) is 0 Å². The van der Waals surface area contributed by atoms with Gasteiger partial charge in [-0.2, -0.15) is 0 Å². The largest absolute Gasteiger partial charge is 0.481 e. The van der Waals surface area contributed by atoms with Crippen molar-refractivity contribution < 1.29 is 48.0 Å². The Kier molecular flexibility index (Phi) is 27.3. The molecule has 0 aliphatic rings. The van der Waals surface area contributed by atoms with Crippen LogP contribution in [0, 0.1) is 0 Å². The fourth-order valence-corrected chi connectivity index (χ4v) is 5.06. The standard InChI is InChI=1S/C38H70N2O10/c1-37(2,3)49-35(45)22-20-18-16-14-12-10-8-7-9-11-13-15-17-19-21-33(42)40-31(36(46)50-38(4,5)6)23-24-32(41)39-26-28-48-30-29-47-27-25-34(43)44/h31H,7-30H2,1-6H3,(H,39,41)(H,40,42)(H,43,44)/t31-/m1/s1. The van der Waals surface area contributed by atoms with Crippen LogP contribution in [0.5, 0.6) is 0 Å². The van der Waals surface area contributed by atoms with E-state index in [4.69, 9.17) is 24.1 Å². The van der Waals surface area contributed by atoms with Gasteiger partial charge in [-0.25, -0.2) is 4.79 Å². The van der Waals surface area contributed by atoms with Crippen molar-refractivity contribution in [2.75, 3.05) is 33.0 Å². The average molecular weight is 715 g/mol. The number of unbranched alkanes of at least 4 members (excludes halogenated alkanes) is 13. The molecule has 0 aromatic carbocycles. The van der Waals surface area contributed by atoms with Gasteiger partial charge in [-0.3, -0.25) is 19.2 Å². The summed E-state index contributed by atoms with van der Waals surface area (Å²) in [7, 11) is 0. The number of rotatable bonds is 31. The van der Waals surface area contributed by atoms with Crippen LogP contribution >= 0.6 is 0 Å². The number of ether oxygens (including phenoxy) is 4. The summed E-state index contributed by atoms with van der Waals surface area (Å²) < 4.78 is 21.3. The van der Waals surface area contributed by atoms with E-state index in [0.29, 0.717) is 12.8 Å². The smallest absolute Gasteiger partial charge is 0.329 e.